The summed E-state index contributed by atoms with van der Waals surface area (Å²) < 4.78 is 0. The van der Waals surface area contributed by atoms with Gasteiger partial charge in [0.15, 0.2) is 0 Å². The zero-order chi connectivity index (χ0) is 8.55. The molecule has 2 heteroatoms. The Labute approximate surface area is 77.7 Å². The van der Waals surface area contributed by atoms with Gasteiger partial charge in [-0.15, -0.1) is 0 Å². The van der Waals surface area contributed by atoms with Crippen LogP contribution in [-0.4, -0.2) is 6.04 Å². The zero-order valence-electron chi connectivity index (χ0n) is 7.10. The van der Waals surface area contributed by atoms with E-state index in [0.29, 0.717) is 6.04 Å². The Morgan fingerprint density at radius 1 is 1.50 bits per heavy atom. The fourth-order valence-electron chi connectivity index (χ4n) is 1.61. The fraction of sp³-hybridized carbons (Fsp3) is 0.400. The fourth-order valence-corrected chi connectivity index (χ4v) is 1.78. The van der Waals surface area contributed by atoms with E-state index in [1.165, 1.54) is 24.1 Å². The molecule has 0 radical (unpaired) electrons. The van der Waals surface area contributed by atoms with Crippen LogP contribution in [0, 0.1) is 0 Å². The first-order valence-corrected chi connectivity index (χ1v) is 4.68. The lowest BCUT2D eigenvalue weighted by Crippen LogP contribution is -2.21. The lowest BCUT2D eigenvalue weighted by Gasteiger charge is -2.23. The molecule has 1 aliphatic rings. The number of hydrogen-bond acceptors (Lipinski definition) is 1. The predicted molar refractivity (Wildman–Crippen MR) is 52.9 cm³/mol. The molecule has 64 valence electrons. The van der Waals surface area contributed by atoms with Gasteiger partial charge in [-0.2, -0.15) is 0 Å². The van der Waals surface area contributed by atoms with Crippen LogP contribution in [-0.2, 0) is 6.42 Å². The highest BCUT2D eigenvalue weighted by Crippen LogP contribution is 2.27. The van der Waals surface area contributed by atoms with Crippen molar-refractivity contribution in [2.75, 3.05) is 5.32 Å². The molecule has 1 atom stereocenters. The van der Waals surface area contributed by atoms with Gasteiger partial charge in [-0.1, -0.05) is 17.7 Å². The van der Waals surface area contributed by atoms with Crippen LogP contribution in [0.15, 0.2) is 18.2 Å². The Morgan fingerprint density at radius 2 is 2.33 bits per heavy atom. The van der Waals surface area contributed by atoms with E-state index < -0.39 is 0 Å². The normalized spacial score (nSPS) is 21.3. The summed E-state index contributed by atoms with van der Waals surface area (Å²) in [4.78, 5) is 0. The number of fused-ring (bicyclic) bond motifs is 1. The first-order chi connectivity index (χ1) is 5.75. The van der Waals surface area contributed by atoms with Crippen LogP contribution in [0.3, 0.4) is 0 Å². The van der Waals surface area contributed by atoms with Crippen LogP contribution in [0.2, 0.25) is 5.02 Å². The molecule has 1 aliphatic heterocycles. The van der Waals surface area contributed by atoms with Crippen molar-refractivity contribution in [3.63, 3.8) is 0 Å². The molecule has 0 bridgehead atoms. The summed E-state index contributed by atoms with van der Waals surface area (Å²) in [6.45, 7) is 2.20. The Bertz CT molecular complexity index is 296. The van der Waals surface area contributed by atoms with Gasteiger partial charge >= 0.3 is 0 Å². The number of benzene rings is 1. The number of aryl methyl sites for hydroxylation is 1. The van der Waals surface area contributed by atoms with Crippen molar-refractivity contribution in [2.24, 2.45) is 0 Å². The number of nitrogens with one attached hydrogen (secondary N) is 1. The minimum Gasteiger partial charge on any atom is -0.382 e. The Kier molecular flexibility index (Phi) is 1.97. The third kappa shape index (κ3) is 1.42. The second-order valence-corrected chi connectivity index (χ2v) is 3.82. The maximum atomic E-state index is 5.88. The molecule has 0 spiro atoms. The van der Waals surface area contributed by atoms with E-state index in [0.717, 1.165) is 5.02 Å². The molecular formula is C10H12ClN. The monoisotopic (exact) mass is 181 g/mol. The summed E-state index contributed by atoms with van der Waals surface area (Å²) in [7, 11) is 0. The molecule has 0 amide bonds. The molecule has 0 saturated carbocycles. The molecule has 1 N–H and O–H groups in total. The van der Waals surface area contributed by atoms with Crippen LogP contribution in [0.5, 0.6) is 0 Å². The summed E-state index contributed by atoms with van der Waals surface area (Å²) in [5, 5.41) is 4.23. The molecule has 0 aromatic heterocycles. The standard InChI is InChI=1S/C10H12ClN/c1-7-2-3-8-4-5-9(11)6-10(8)12-7/h4-7,12H,2-3H2,1H3. The average molecular weight is 182 g/mol. The van der Waals surface area contributed by atoms with Crippen molar-refractivity contribution in [3.05, 3.63) is 28.8 Å². The van der Waals surface area contributed by atoms with E-state index in [1.807, 2.05) is 12.1 Å². The van der Waals surface area contributed by atoms with Gasteiger partial charge in [0, 0.05) is 16.8 Å². The van der Waals surface area contributed by atoms with E-state index in [9.17, 15) is 0 Å². The van der Waals surface area contributed by atoms with E-state index in [-0.39, 0.29) is 0 Å². The summed E-state index contributed by atoms with van der Waals surface area (Å²) >= 11 is 5.88. The zero-order valence-corrected chi connectivity index (χ0v) is 7.86. The summed E-state index contributed by atoms with van der Waals surface area (Å²) in [6, 6.07) is 6.65. The minimum atomic E-state index is 0.580. The molecule has 1 aromatic rings. The first-order valence-electron chi connectivity index (χ1n) is 4.30. The van der Waals surface area contributed by atoms with Crippen LogP contribution in [0.25, 0.3) is 0 Å². The van der Waals surface area contributed by atoms with E-state index in [4.69, 9.17) is 11.6 Å². The molecule has 0 fully saturated rings. The van der Waals surface area contributed by atoms with E-state index >= 15 is 0 Å². The topological polar surface area (TPSA) is 12.0 Å². The summed E-state index contributed by atoms with van der Waals surface area (Å²) in [5.41, 5.74) is 2.60. The van der Waals surface area contributed by atoms with Crippen molar-refractivity contribution in [3.8, 4) is 0 Å². The second kappa shape index (κ2) is 2.98. The highest BCUT2D eigenvalue weighted by molar-refractivity contribution is 6.30. The van der Waals surface area contributed by atoms with Crippen molar-refractivity contribution in [1.82, 2.24) is 0 Å². The van der Waals surface area contributed by atoms with Gasteiger partial charge in [0.2, 0.25) is 0 Å². The third-order valence-electron chi connectivity index (χ3n) is 2.32. The van der Waals surface area contributed by atoms with Crippen molar-refractivity contribution in [2.45, 2.75) is 25.8 Å². The molecule has 1 nitrogen and oxygen atoms in total. The number of anilines is 1. The van der Waals surface area contributed by atoms with E-state index in [2.05, 4.69) is 18.3 Å². The molecule has 1 heterocycles. The third-order valence-corrected chi connectivity index (χ3v) is 2.56. The molecule has 1 unspecified atom stereocenters. The van der Waals surface area contributed by atoms with Gasteiger partial charge in [0.05, 0.1) is 0 Å². The molecule has 12 heavy (non-hydrogen) atoms. The highest BCUT2D eigenvalue weighted by atomic mass is 35.5. The van der Waals surface area contributed by atoms with Crippen LogP contribution in [0.1, 0.15) is 18.9 Å². The molecular weight excluding hydrogens is 170 g/mol. The van der Waals surface area contributed by atoms with Gasteiger partial charge in [-0.05, 0) is 37.5 Å². The molecule has 2 rings (SSSR count). The number of rotatable bonds is 0. The smallest absolute Gasteiger partial charge is 0.0426 e. The van der Waals surface area contributed by atoms with Gasteiger partial charge in [-0.25, -0.2) is 0 Å². The Morgan fingerprint density at radius 3 is 3.17 bits per heavy atom. The Balaban J connectivity index is 2.37. The van der Waals surface area contributed by atoms with Gasteiger partial charge in [-0.3, -0.25) is 0 Å². The van der Waals surface area contributed by atoms with Crippen molar-refractivity contribution in [1.29, 1.82) is 0 Å². The van der Waals surface area contributed by atoms with Crippen molar-refractivity contribution < 1.29 is 0 Å². The second-order valence-electron chi connectivity index (χ2n) is 3.39. The largest absolute Gasteiger partial charge is 0.382 e. The summed E-state index contributed by atoms with van der Waals surface area (Å²) in [6.07, 6.45) is 2.38. The van der Waals surface area contributed by atoms with Gasteiger partial charge in [0.25, 0.3) is 0 Å². The lowest BCUT2D eigenvalue weighted by atomic mass is 9.99. The Hall–Kier alpha value is -0.690. The van der Waals surface area contributed by atoms with Crippen LogP contribution < -0.4 is 5.32 Å². The maximum absolute atomic E-state index is 5.88. The molecule has 0 saturated heterocycles. The van der Waals surface area contributed by atoms with Gasteiger partial charge in [0.1, 0.15) is 0 Å². The molecule has 0 aliphatic carbocycles. The number of hydrogen-bond donors (Lipinski definition) is 1. The molecule has 1 aromatic carbocycles. The predicted octanol–water partition coefficient (Wildman–Crippen LogP) is 3.09. The van der Waals surface area contributed by atoms with Crippen molar-refractivity contribution >= 4 is 17.3 Å². The lowest BCUT2D eigenvalue weighted by molar-refractivity contribution is 0.681. The van der Waals surface area contributed by atoms with E-state index in [1.54, 1.807) is 0 Å². The maximum Gasteiger partial charge on any atom is 0.0426 e. The SMILES string of the molecule is CC1CCc2ccc(Cl)cc2N1. The van der Waals surface area contributed by atoms with Crippen LogP contribution >= 0.6 is 11.6 Å². The summed E-state index contributed by atoms with van der Waals surface area (Å²) in [5.74, 6) is 0. The quantitative estimate of drug-likeness (QED) is 0.649. The highest BCUT2D eigenvalue weighted by Gasteiger charge is 2.13. The first kappa shape index (κ1) is 7.93. The van der Waals surface area contributed by atoms with Gasteiger partial charge < -0.3 is 5.32 Å². The average Bonchev–Trinajstić information content (AvgIpc) is 2.03. The minimum absolute atomic E-state index is 0.580. The number of halogens is 1. The van der Waals surface area contributed by atoms with Crippen LogP contribution in [0.4, 0.5) is 5.69 Å².